The van der Waals surface area contributed by atoms with E-state index in [0.29, 0.717) is 6.04 Å². The third-order valence-corrected chi connectivity index (χ3v) is 4.78. The average Bonchev–Trinajstić information content (AvgIpc) is 2.64. The molecule has 1 aromatic heterocycles. The Morgan fingerprint density at radius 2 is 2.05 bits per heavy atom. The predicted molar refractivity (Wildman–Crippen MR) is 86.8 cm³/mol. The van der Waals surface area contributed by atoms with Gasteiger partial charge in [-0.25, -0.2) is 0 Å². The first-order valence-corrected chi connectivity index (χ1v) is 8.08. The van der Waals surface area contributed by atoms with Crippen LogP contribution in [-0.2, 0) is 6.54 Å². The summed E-state index contributed by atoms with van der Waals surface area (Å²) in [4.78, 5) is 17.2. The van der Waals surface area contributed by atoms with Gasteiger partial charge in [-0.3, -0.25) is 4.79 Å². The van der Waals surface area contributed by atoms with Gasteiger partial charge in [-0.15, -0.1) is 0 Å². The van der Waals surface area contributed by atoms with Crippen molar-refractivity contribution < 1.29 is 4.79 Å². The monoisotopic (exact) mass is 291 g/mol. The highest BCUT2D eigenvalue weighted by atomic mass is 16.2. The zero-order chi connectivity index (χ0) is 15.6. The van der Waals surface area contributed by atoms with Gasteiger partial charge in [-0.1, -0.05) is 6.42 Å². The molecule has 0 aliphatic carbocycles. The highest BCUT2D eigenvalue weighted by Crippen LogP contribution is 2.20. The largest absolute Gasteiger partial charge is 0.349 e. The number of rotatable bonds is 3. The van der Waals surface area contributed by atoms with Crippen molar-refractivity contribution in [2.24, 2.45) is 0 Å². The van der Waals surface area contributed by atoms with E-state index in [2.05, 4.69) is 55.3 Å². The molecule has 1 atom stereocenters. The first-order chi connectivity index (χ1) is 9.95. The number of carbonyl (C=O) groups is 1. The van der Waals surface area contributed by atoms with Crippen LogP contribution in [-0.4, -0.2) is 53.5 Å². The summed E-state index contributed by atoms with van der Waals surface area (Å²) in [5, 5.41) is 0. The molecule has 0 spiro atoms. The molecule has 1 fully saturated rings. The lowest BCUT2D eigenvalue weighted by atomic mass is 10.1. The molecule has 1 saturated heterocycles. The van der Waals surface area contributed by atoms with Gasteiger partial charge < -0.3 is 14.4 Å². The number of aromatic nitrogens is 1. The van der Waals surface area contributed by atoms with Gasteiger partial charge in [-0.05, 0) is 53.8 Å². The standard InChI is InChI=1S/C17H29N3O/c1-6-20-13(2)11-16(14(20)3)17(21)19-10-8-7-9-15(12-19)18(4)5/h11,15H,6-10,12H2,1-5H3. The Hall–Kier alpha value is -1.29. The molecule has 2 heterocycles. The molecule has 118 valence electrons. The zero-order valence-corrected chi connectivity index (χ0v) is 14.1. The van der Waals surface area contributed by atoms with E-state index in [-0.39, 0.29) is 5.91 Å². The van der Waals surface area contributed by atoms with E-state index >= 15 is 0 Å². The summed E-state index contributed by atoms with van der Waals surface area (Å²) in [5.41, 5.74) is 3.16. The van der Waals surface area contributed by atoms with Crippen molar-refractivity contribution in [2.75, 3.05) is 27.2 Å². The Morgan fingerprint density at radius 3 is 2.62 bits per heavy atom. The van der Waals surface area contributed by atoms with Crippen LogP contribution in [0.3, 0.4) is 0 Å². The second-order valence-corrected chi connectivity index (χ2v) is 6.39. The smallest absolute Gasteiger partial charge is 0.255 e. The molecule has 1 aliphatic heterocycles. The van der Waals surface area contributed by atoms with E-state index in [1.165, 1.54) is 18.5 Å². The normalized spacial score (nSPS) is 19.9. The van der Waals surface area contributed by atoms with Crippen molar-refractivity contribution in [3.05, 3.63) is 23.0 Å². The van der Waals surface area contributed by atoms with Gasteiger partial charge in [0.05, 0.1) is 5.56 Å². The molecule has 4 nitrogen and oxygen atoms in total. The van der Waals surface area contributed by atoms with Crippen molar-refractivity contribution in [1.29, 1.82) is 0 Å². The average molecular weight is 291 g/mol. The zero-order valence-electron chi connectivity index (χ0n) is 14.1. The van der Waals surface area contributed by atoms with Crippen molar-refractivity contribution >= 4 is 5.91 Å². The Bertz CT molecular complexity index is 504. The number of aryl methyl sites for hydroxylation is 1. The van der Waals surface area contributed by atoms with Crippen LogP contribution in [0.4, 0.5) is 0 Å². The minimum atomic E-state index is 0.205. The van der Waals surface area contributed by atoms with Crippen LogP contribution >= 0.6 is 0 Å². The van der Waals surface area contributed by atoms with Gasteiger partial charge in [0.2, 0.25) is 0 Å². The van der Waals surface area contributed by atoms with E-state index in [4.69, 9.17) is 0 Å². The van der Waals surface area contributed by atoms with Crippen molar-refractivity contribution in [3.63, 3.8) is 0 Å². The molecule has 1 unspecified atom stereocenters. The second-order valence-electron chi connectivity index (χ2n) is 6.39. The van der Waals surface area contributed by atoms with Crippen LogP contribution in [0, 0.1) is 13.8 Å². The first kappa shape index (κ1) is 16.1. The van der Waals surface area contributed by atoms with E-state index in [1.807, 2.05) is 0 Å². The highest BCUT2D eigenvalue weighted by Gasteiger charge is 2.26. The third kappa shape index (κ3) is 3.31. The first-order valence-electron chi connectivity index (χ1n) is 8.08. The van der Waals surface area contributed by atoms with Gasteiger partial charge in [0.25, 0.3) is 5.91 Å². The lowest BCUT2D eigenvalue weighted by Crippen LogP contribution is -2.42. The summed E-state index contributed by atoms with van der Waals surface area (Å²) < 4.78 is 2.22. The molecule has 0 aromatic carbocycles. The van der Waals surface area contributed by atoms with E-state index in [1.54, 1.807) is 0 Å². The minimum absolute atomic E-state index is 0.205. The summed E-state index contributed by atoms with van der Waals surface area (Å²) in [7, 11) is 4.23. The number of hydrogen-bond acceptors (Lipinski definition) is 2. The molecule has 0 N–H and O–H groups in total. The summed E-state index contributed by atoms with van der Waals surface area (Å²) in [6, 6.07) is 2.53. The van der Waals surface area contributed by atoms with Crippen molar-refractivity contribution in [2.45, 2.75) is 52.6 Å². The van der Waals surface area contributed by atoms with Crippen LogP contribution in [0.5, 0.6) is 0 Å². The summed E-state index contributed by atoms with van der Waals surface area (Å²) in [5.74, 6) is 0.205. The molecular weight excluding hydrogens is 262 g/mol. The number of hydrogen-bond donors (Lipinski definition) is 0. The van der Waals surface area contributed by atoms with E-state index < -0.39 is 0 Å². The van der Waals surface area contributed by atoms with Gasteiger partial charge in [-0.2, -0.15) is 0 Å². The lowest BCUT2D eigenvalue weighted by molar-refractivity contribution is 0.0724. The van der Waals surface area contributed by atoms with Crippen LogP contribution in [0.25, 0.3) is 0 Å². The molecule has 0 saturated carbocycles. The number of amides is 1. The molecule has 2 rings (SSSR count). The number of likely N-dealkylation sites (tertiary alicyclic amines) is 1. The Balaban J connectivity index is 2.22. The predicted octanol–water partition coefficient (Wildman–Crippen LogP) is 2.68. The van der Waals surface area contributed by atoms with Crippen LogP contribution in [0.15, 0.2) is 6.07 Å². The molecule has 4 heteroatoms. The van der Waals surface area contributed by atoms with Crippen LogP contribution in [0.2, 0.25) is 0 Å². The maximum absolute atomic E-state index is 12.9. The quantitative estimate of drug-likeness (QED) is 0.856. The van der Waals surface area contributed by atoms with E-state index in [0.717, 1.165) is 37.3 Å². The molecule has 0 bridgehead atoms. The van der Waals surface area contributed by atoms with E-state index in [9.17, 15) is 4.79 Å². The fraction of sp³-hybridized carbons (Fsp3) is 0.706. The van der Waals surface area contributed by atoms with Crippen LogP contribution in [0.1, 0.15) is 47.9 Å². The third-order valence-electron chi connectivity index (χ3n) is 4.78. The summed E-state index contributed by atoms with van der Waals surface area (Å²) in [6.45, 7) is 8.93. The second kappa shape index (κ2) is 6.65. The SMILES string of the molecule is CCn1c(C)cc(C(=O)N2CCCCC(N(C)C)C2)c1C. The van der Waals surface area contributed by atoms with Crippen molar-refractivity contribution in [3.8, 4) is 0 Å². The maximum atomic E-state index is 12.9. The highest BCUT2D eigenvalue weighted by molar-refractivity contribution is 5.95. The molecule has 21 heavy (non-hydrogen) atoms. The van der Waals surface area contributed by atoms with Gasteiger partial charge in [0.1, 0.15) is 0 Å². The Morgan fingerprint density at radius 1 is 1.33 bits per heavy atom. The molecule has 1 amide bonds. The van der Waals surface area contributed by atoms with Gasteiger partial charge in [0, 0.05) is 37.1 Å². The molecular formula is C17H29N3O. The van der Waals surface area contributed by atoms with Crippen LogP contribution < -0.4 is 0 Å². The topological polar surface area (TPSA) is 28.5 Å². The van der Waals surface area contributed by atoms with Crippen molar-refractivity contribution in [1.82, 2.24) is 14.4 Å². The summed E-state index contributed by atoms with van der Waals surface area (Å²) in [6.07, 6.45) is 3.51. The lowest BCUT2D eigenvalue weighted by Gasteiger charge is -2.28. The summed E-state index contributed by atoms with van der Waals surface area (Å²) >= 11 is 0. The molecule has 1 aromatic rings. The number of carbonyl (C=O) groups excluding carboxylic acids is 1. The van der Waals surface area contributed by atoms with Gasteiger partial charge in [0.15, 0.2) is 0 Å². The molecule has 1 aliphatic rings. The Labute approximate surface area is 128 Å². The Kier molecular flexibility index (Phi) is 5.09. The number of likely N-dealkylation sites (N-methyl/N-ethyl adjacent to an activating group) is 1. The fourth-order valence-electron chi connectivity index (χ4n) is 3.40. The maximum Gasteiger partial charge on any atom is 0.255 e. The number of nitrogens with zero attached hydrogens (tertiary/aromatic N) is 3. The molecule has 0 radical (unpaired) electrons. The van der Waals surface area contributed by atoms with Gasteiger partial charge >= 0.3 is 0 Å². The fourth-order valence-corrected chi connectivity index (χ4v) is 3.40. The minimum Gasteiger partial charge on any atom is -0.349 e.